The number of carbonyl (C=O) groups excluding carboxylic acids is 3. The van der Waals surface area contributed by atoms with Crippen molar-refractivity contribution in [2.45, 2.75) is 53.1 Å². The first-order valence-electron chi connectivity index (χ1n) is 9.56. The van der Waals surface area contributed by atoms with Crippen molar-refractivity contribution in [3.05, 3.63) is 35.9 Å². The van der Waals surface area contributed by atoms with E-state index in [0.29, 0.717) is 19.3 Å². The maximum absolute atomic E-state index is 11.7. The molecule has 0 atom stereocenters. The molecular weight excluding hydrogens is 362 g/mol. The molecule has 7 heteroatoms. The van der Waals surface area contributed by atoms with Crippen LogP contribution in [0.5, 0.6) is 0 Å². The van der Waals surface area contributed by atoms with E-state index in [9.17, 15) is 14.4 Å². The zero-order chi connectivity index (χ0) is 20.8. The van der Waals surface area contributed by atoms with Crippen LogP contribution in [-0.2, 0) is 30.4 Å². The molecule has 0 saturated carbocycles. The standard InChI is InChI=1S/C21H31NO6/c1-21(2,3)19(24)26-15-13-22-20(25)27-14-9-5-8-12-18(23)28-16-17-10-6-4-7-11-17/h4,6-7,10-11H,5,8-9,12-16H2,1-3H3,(H,22,25). The molecule has 28 heavy (non-hydrogen) atoms. The largest absolute Gasteiger partial charge is 0.463 e. The summed E-state index contributed by atoms with van der Waals surface area (Å²) in [6.07, 6.45) is 1.91. The molecule has 1 aromatic carbocycles. The van der Waals surface area contributed by atoms with Gasteiger partial charge in [-0.2, -0.15) is 0 Å². The second-order valence-corrected chi connectivity index (χ2v) is 7.41. The van der Waals surface area contributed by atoms with E-state index in [-0.39, 0.29) is 38.3 Å². The average Bonchev–Trinajstić information content (AvgIpc) is 2.66. The Bertz CT molecular complexity index is 609. The number of ether oxygens (including phenoxy) is 3. The van der Waals surface area contributed by atoms with Gasteiger partial charge in [0.1, 0.15) is 13.2 Å². The van der Waals surface area contributed by atoms with Gasteiger partial charge in [0.15, 0.2) is 0 Å². The zero-order valence-electron chi connectivity index (χ0n) is 17.0. The predicted molar refractivity (Wildman–Crippen MR) is 104 cm³/mol. The minimum atomic E-state index is -0.561. The summed E-state index contributed by atoms with van der Waals surface area (Å²) >= 11 is 0. The van der Waals surface area contributed by atoms with Crippen LogP contribution in [0.4, 0.5) is 4.79 Å². The van der Waals surface area contributed by atoms with E-state index in [1.807, 2.05) is 30.3 Å². The first-order chi connectivity index (χ1) is 13.3. The molecule has 1 rings (SSSR count). The summed E-state index contributed by atoms with van der Waals surface area (Å²) < 4.78 is 15.2. The molecule has 0 unspecified atom stereocenters. The minimum Gasteiger partial charge on any atom is -0.463 e. The number of alkyl carbamates (subject to hydrolysis) is 1. The molecule has 0 bridgehead atoms. The number of esters is 2. The van der Waals surface area contributed by atoms with Crippen LogP contribution in [0.3, 0.4) is 0 Å². The molecule has 0 fully saturated rings. The highest BCUT2D eigenvalue weighted by atomic mass is 16.6. The summed E-state index contributed by atoms with van der Waals surface area (Å²) in [6.45, 7) is 6.16. The molecule has 0 radical (unpaired) electrons. The summed E-state index contributed by atoms with van der Waals surface area (Å²) in [5.74, 6) is -0.544. The van der Waals surface area contributed by atoms with Gasteiger partial charge in [0.2, 0.25) is 0 Å². The van der Waals surface area contributed by atoms with E-state index < -0.39 is 11.5 Å². The summed E-state index contributed by atoms with van der Waals surface area (Å²) in [4.78, 5) is 34.7. The minimum absolute atomic E-state index is 0.107. The van der Waals surface area contributed by atoms with Crippen molar-refractivity contribution in [3.8, 4) is 0 Å². The van der Waals surface area contributed by atoms with Gasteiger partial charge in [-0.05, 0) is 45.6 Å². The monoisotopic (exact) mass is 393 g/mol. The van der Waals surface area contributed by atoms with Crippen LogP contribution in [-0.4, -0.2) is 37.8 Å². The van der Waals surface area contributed by atoms with Gasteiger partial charge in [-0.15, -0.1) is 0 Å². The third kappa shape index (κ3) is 11.2. The van der Waals surface area contributed by atoms with Crippen LogP contribution in [0.1, 0.15) is 52.0 Å². The SMILES string of the molecule is CC(C)(C)C(=O)OCCNC(=O)OCCCCCC(=O)OCc1ccccc1. The Morgan fingerprint density at radius 3 is 2.29 bits per heavy atom. The van der Waals surface area contributed by atoms with Crippen LogP contribution in [0, 0.1) is 5.41 Å². The normalized spacial score (nSPS) is 10.8. The molecule has 0 heterocycles. The molecule has 0 spiro atoms. The molecule has 0 aliphatic heterocycles. The Kier molecular flexibility index (Phi) is 10.7. The molecule has 1 amide bonds. The lowest BCUT2D eigenvalue weighted by Gasteiger charge is -2.16. The molecular formula is C21H31NO6. The quantitative estimate of drug-likeness (QED) is 0.351. The van der Waals surface area contributed by atoms with Gasteiger partial charge in [-0.25, -0.2) is 4.79 Å². The Labute approximate surface area is 166 Å². The smallest absolute Gasteiger partial charge is 0.407 e. The number of nitrogens with one attached hydrogen (secondary N) is 1. The highest BCUT2D eigenvalue weighted by Gasteiger charge is 2.22. The van der Waals surface area contributed by atoms with Crippen molar-refractivity contribution in [2.75, 3.05) is 19.8 Å². The molecule has 1 N–H and O–H groups in total. The summed E-state index contributed by atoms with van der Waals surface area (Å²) in [6, 6.07) is 9.53. The van der Waals surface area contributed by atoms with E-state index >= 15 is 0 Å². The van der Waals surface area contributed by atoms with E-state index in [2.05, 4.69) is 5.32 Å². The van der Waals surface area contributed by atoms with Crippen molar-refractivity contribution in [3.63, 3.8) is 0 Å². The van der Waals surface area contributed by atoms with Crippen LogP contribution >= 0.6 is 0 Å². The Morgan fingerprint density at radius 2 is 1.61 bits per heavy atom. The molecule has 7 nitrogen and oxygen atoms in total. The van der Waals surface area contributed by atoms with Crippen molar-refractivity contribution >= 4 is 18.0 Å². The molecule has 0 aromatic heterocycles. The first-order valence-corrected chi connectivity index (χ1v) is 9.56. The van der Waals surface area contributed by atoms with Crippen LogP contribution < -0.4 is 5.32 Å². The van der Waals surface area contributed by atoms with Crippen LogP contribution in [0.25, 0.3) is 0 Å². The zero-order valence-corrected chi connectivity index (χ0v) is 17.0. The third-order valence-electron chi connectivity index (χ3n) is 3.72. The highest BCUT2D eigenvalue weighted by molar-refractivity contribution is 5.75. The molecule has 156 valence electrons. The number of rotatable bonds is 11. The van der Waals surface area contributed by atoms with Gasteiger partial charge in [0, 0.05) is 6.42 Å². The number of benzene rings is 1. The van der Waals surface area contributed by atoms with E-state index in [1.165, 1.54) is 0 Å². The number of carbonyl (C=O) groups is 3. The number of amides is 1. The third-order valence-corrected chi connectivity index (χ3v) is 3.72. The van der Waals surface area contributed by atoms with Gasteiger partial charge in [0.05, 0.1) is 18.6 Å². The molecule has 1 aromatic rings. The van der Waals surface area contributed by atoms with Gasteiger partial charge < -0.3 is 19.5 Å². The van der Waals surface area contributed by atoms with Gasteiger partial charge in [0.25, 0.3) is 0 Å². The van der Waals surface area contributed by atoms with Crippen LogP contribution in [0.15, 0.2) is 30.3 Å². The highest BCUT2D eigenvalue weighted by Crippen LogP contribution is 2.14. The van der Waals surface area contributed by atoms with Gasteiger partial charge >= 0.3 is 18.0 Å². The summed E-state index contributed by atoms with van der Waals surface area (Å²) in [5, 5.41) is 2.52. The lowest BCUT2D eigenvalue weighted by molar-refractivity contribution is -0.152. The van der Waals surface area contributed by atoms with Crippen molar-refractivity contribution in [1.82, 2.24) is 5.32 Å². The second-order valence-electron chi connectivity index (χ2n) is 7.41. The molecule has 0 aliphatic rings. The fourth-order valence-corrected chi connectivity index (χ4v) is 2.09. The maximum Gasteiger partial charge on any atom is 0.407 e. The fraction of sp³-hybridized carbons (Fsp3) is 0.571. The van der Waals surface area contributed by atoms with Crippen molar-refractivity contribution in [2.24, 2.45) is 5.41 Å². The lowest BCUT2D eigenvalue weighted by atomic mass is 9.97. The summed E-state index contributed by atoms with van der Waals surface area (Å²) in [5.41, 5.74) is 0.400. The lowest BCUT2D eigenvalue weighted by Crippen LogP contribution is -2.31. The number of unbranched alkanes of at least 4 members (excludes halogenated alkanes) is 2. The Hall–Kier alpha value is -2.57. The Balaban J connectivity index is 1.95. The van der Waals surface area contributed by atoms with E-state index in [0.717, 1.165) is 12.0 Å². The van der Waals surface area contributed by atoms with Crippen molar-refractivity contribution in [1.29, 1.82) is 0 Å². The first kappa shape index (κ1) is 23.5. The fourth-order valence-electron chi connectivity index (χ4n) is 2.09. The van der Waals surface area contributed by atoms with Gasteiger partial charge in [-0.3, -0.25) is 9.59 Å². The molecule has 0 aliphatic carbocycles. The number of hydrogen-bond acceptors (Lipinski definition) is 6. The Morgan fingerprint density at radius 1 is 0.893 bits per heavy atom. The van der Waals surface area contributed by atoms with Crippen molar-refractivity contribution < 1.29 is 28.6 Å². The predicted octanol–water partition coefficient (Wildman–Crippen LogP) is 3.61. The number of hydrogen-bond donors (Lipinski definition) is 1. The van der Waals surface area contributed by atoms with Crippen LogP contribution in [0.2, 0.25) is 0 Å². The van der Waals surface area contributed by atoms with E-state index in [4.69, 9.17) is 14.2 Å². The van der Waals surface area contributed by atoms with Gasteiger partial charge in [-0.1, -0.05) is 30.3 Å². The average molecular weight is 393 g/mol. The van der Waals surface area contributed by atoms with E-state index in [1.54, 1.807) is 20.8 Å². The topological polar surface area (TPSA) is 90.9 Å². The summed E-state index contributed by atoms with van der Waals surface area (Å²) in [7, 11) is 0. The second kappa shape index (κ2) is 12.8. The maximum atomic E-state index is 11.7. The molecule has 0 saturated heterocycles.